The van der Waals surface area contributed by atoms with E-state index in [1.54, 1.807) is 0 Å². The van der Waals surface area contributed by atoms with E-state index < -0.39 is 0 Å². The van der Waals surface area contributed by atoms with Crippen LogP contribution < -0.4 is 5.32 Å². The van der Waals surface area contributed by atoms with Gasteiger partial charge in [-0.3, -0.25) is 4.90 Å². The number of piperidine rings is 1. The van der Waals surface area contributed by atoms with Crippen LogP contribution in [0.15, 0.2) is 30.3 Å². The fraction of sp³-hybridized carbons (Fsp3) is 0.684. The van der Waals surface area contributed by atoms with E-state index in [2.05, 4.69) is 61.4 Å². The molecule has 2 heteroatoms. The molecule has 2 unspecified atom stereocenters. The molecule has 21 heavy (non-hydrogen) atoms. The highest BCUT2D eigenvalue weighted by Gasteiger charge is 2.29. The summed E-state index contributed by atoms with van der Waals surface area (Å²) in [5, 5.41) is 3.56. The Morgan fingerprint density at radius 2 is 1.81 bits per heavy atom. The molecule has 1 N–H and O–H groups in total. The molecule has 0 bridgehead atoms. The number of likely N-dealkylation sites (tertiary alicyclic amines) is 1. The van der Waals surface area contributed by atoms with Gasteiger partial charge in [0.1, 0.15) is 0 Å². The minimum atomic E-state index is 0.443. The van der Waals surface area contributed by atoms with Gasteiger partial charge >= 0.3 is 0 Å². The second kappa shape index (κ2) is 8.55. The van der Waals surface area contributed by atoms with Gasteiger partial charge in [0.2, 0.25) is 0 Å². The SMILES string of the molecule is CCCC1CCN(C(CC)C(NC)c2ccccc2)CC1. The lowest BCUT2D eigenvalue weighted by atomic mass is 9.89. The Morgan fingerprint density at radius 1 is 1.14 bits per heavy atom. The standard InChI is InChI=1S/C19H32N2/c1-4-9-16-12-14-21(15-13-16)18(5-2)19(20-3)17-10-7-6-8-11-17/h6-8,10-11,16,18-20H,4-5,9,12-15H2,1-3H3. The van der Waals surface area contributed by atoms with Crippen molar-refractivity contribution >= 4 is 0 Å². The molecule has 0 aromatic heterocycles. The summed E-state index contributed by atoms with van der Waals surface area (Å²) in [5.41, 5.74) is 1.42. The molecule has 118 valence electrons. The predicted molar refractivity (Wildman–Crippen MR) is 91.5 cm³/mol. The normalized spacial score (nSPS) is 20.3. The summed E-state index contributed by atoms with van der Waals surface area (Å²) in [6, 6.07) is 12.0. The van der Waals surface area contributed by atoms with Crippen molar-refractivity contribution in [3.8, 4) is 0 Å². The van der Waals surface area contributed by atoms with Crippen molar-refractivity contribution in [2.45, 2.75) is 58.0 Å². The maximum Gasteiger partial charge on any atom is 0.0475 e. The number of benzene rings is 1. The van der Waals surface area contributed by atoms with E-state index in [1.165, 1.54) is 50.8 Å². The number of hydrogen-bond acceptors (Lipinski definition) is 2. The third kappa shape index (κ3) is 4.31. The minimum absolute atomic E-state index is 0.443. The third-order valence-electron chi connectivity index (χ3n) is 5.09. The lowest BCUT2D eigenvalue weighted by Crippen LogP contribution is -2.47. The van der Waals surface area contributed by atoms with Crippen LogP contribution in [0.5, 0.6) is 0 Å². The van der Waals surface area contributed by atoms with Crippen molar-refractivity contribution in [3.63, 3.8) is 0 Å². The van der Waals surface area contributed by atoms with Crippen LogP contribution in [0, 0.1) is 5.92 Å². The first-order valence-corrected chi connectivity index (χ1v) is 8.76. The van der Waals surface area contributed by atoms with E-state index in [-0.39, 0.29) is 0 Å². The molecule has 0 amide bonds. The topological polar surface area (TPSA) is 15.3 Å². The molecular formula is C19H32N2. The highest BCUT2D eigenvalue weighted by molar-refractivity contribution is 5.20. The summed E-state index contributed by atoms with van der Waals surface area (Å²) in [6.45, 7) is 7.19. The molecule has 1 aromatic carbocycles. The van der Waals surface area contributed by atoms with Gasteiger partial charge in [0, 0.05) is 12.1 Å². The van der Waals surface area contributed by atoms with Gasteiger partial charge in [0.15, 0.2) is 0 Å². The third-order valence-corrected chi connectivity index (χ3v) is 5.09. The van der Waals surface area contributed by atoms with Crippen LogP contribution in [0.25, 0.3) is 0 Å². The number of nitrogens with one attached hydrogen (secondary N) is 1. The Balaban J connectivity index is 2.02. The molecule has 1 aliphatic heterocycles. The molecule has 0 spiro atoms. The van der Waals surface area contributed by atoms with E-state index in [0.717, 1.165) is 5.92 Å². The van der Waals surface area contributed by atoms with Gasteiger partial charge in [-0.15, -0.1) is 0 Å². The van der Waals surface area contributed by atoms with E-state index in [4.69, 9.17) is 0 Å². The second-order valence-corrected chi connectivity index (χ2v) is 6.42. The van der Waals surface area contributed by atoms with Crippen LogP contribution in [0.1, 0.15) is 57.6 Å². The number of likely N-dealkylation sites (N-methyl/N-ethyl adjacent to an activating group) is 1. The van der Waals surface area contributed by atoms with Gasteiger partial charge in [0.05, 0.1) is 0 Å². The molecule has 0 radical (unpaired) electrons. The van der Waals surface area contributed by atoms with Gasteiger partial charge in [-0.25, -0.2) is 0 Å². The fourth-order valence-corrected chi connectivity index (χ4v) is 3.93. The highest BCUT2D eigenvalue weighted by atomic mass is 15.2. The van der Waals surface area contributed by atoms with Crippen LogP contribution in [0.3, 0.4) is 0 Å². The summed E-state index contributed by atoms with van der Waals surface area (Å²) in [4.78, 5) is 2.72. The molecule has 1 fully saturated rings. The van der Waals surface area contributed by atoms with Gasteiger partial charge in [-0.2, -0.15) is 0 Å². The summed E-state index contributed by atoms with van der Waals surface area (Å²) in [5.74, 6) is 0.966. The molecule has 1 aromatic rings. The average molecular weight is 288 g/mol. The van der Waals surface area contributed by atoms with Crippen LogP contribution in [-0.4, -0.2) is 31.1 Å². The van der Waals surface area contributed by atoms with Crippen molar-refractivity contribution in [3.05, 3.63) is 35.9 Å². The zero-order valence-electron chi connectivity index (χ0n) is 14.0. The van der Waals surface area contributed by atoms with Crippen molar-refractivity contribution in [2.75, 3.05) is 20.1 Å². The molecule has 0 aliphatic carbocycles. The molecule has 1 aliphatic rings. The first kappa shape index (κ1) is 16.5. The Bertz CT molecular complexity index is 382. The van der Waals surface area contributed by atoms with Crippen LogP contribution in [-0.2, 0) is 0 Å². The van der Waals surface area contributed by atoms with E-state index in [1.807, 2.05) is 0 Å². The average Bonchev–Trinajstić information content (AvgIpc) is 2.54. The van der Waals surface area contributed by atoms with Crippen molar-refractivity contribution < 1.29 is 0 Å². The van der Waals surface area contributed by atoms with Gasteiger partial charge in [-0.1, -0.05) is 57.0 Å². The summed E-state index contributed by atoms with van der Waals surface area (Å²) in [7, 11) is 2.10. The molecule has 1 saturated heterocycles. The quantitative estimate of drug-likeness (QED) is 0.807. The highest BCUT2D eigenvalue weighted by Crippen LogP contribution is 2.29. The Kier molecular flexibility index (Phi) is 6.72. The van der Waals surface area contributed by atoms with E-state index in [0.29, 0.717) is 12.1 Å². The maximum absolute atomic E-state index is 3.56. The van der Waals surface area contributed by atoms with Gasteiger partial charge < -0.3 is 5.32 Å². The predicted octanol–water partition coefficient (Wildman–Crippen LogP) is 4.24. The molecule has 2 atom stereocenters. The summed E-state index contributed by atoms with van der Waals surface area (Å²) >= 11 is 0. The van der Waals surface area contributed by atoms with E-state index in [9.17, 15) is 0 Å². The van der Waals surface area contributed by atoms with Crippen molar-refractivity contribution in [1.29, 1.82) is 0 Å². The van der Waals surface area contributed by atoms with Crippen LogP contribution >= 0.6 is 0 Å². The second-order valence-electron chi connectivity index (χ2n) is 6.42. The lowest BCUT2D eigenvalue weighted by Gasteiger charge is -2.41. The fourth-order valence-electron chi connectivity index (χ4n) is 3.93. The van der Waals surface area contributed by atoms with Crippen molar-refractivity contribution in [1.82, 2.24) is 10.2 Å². The Labute approximate surface area is 130 Å². The lowest BCUT2D eigenvalue weighted by molar-refractivity contribution is 0.102. The Hall–Kier alpha value is -0.860. The summed E-state index contributed by atoms with van der Waals surface area (Å²) in [6.07, 6.45) is 6.73. The molecule has 2 rings (SSSR count). The maximum atomic E-state index is 3.56. The monoisotopic (exact) mass is 288 g/mol. The largest absolute Gasteiger partial charge is 0.312 e. The number of rotatable bonds is 7. The first-order chi connectivity index (χ1) is 10.3. The van der Waals surface area contributed by atoms with Gasteiger partial charge in [0.25, 0.3) is 0 Å². The molecule has 2 nitrogen and oxygen atoms in total. The van der Waals surface area contributed by atoms with Crippen LogP contribution in [0.2, 0.25) is 0 Å². The zero-order valence-corrected chi connectivity index (χ0v) is 14.0. The smallest absolute Gasteiger partial charge is 0.0475 e. The Morgan fingerprint density at radius 3 is 2.33 bits per heavy atom. The molecule has 1 heterocycles. The zero-order chi connectivity index (χ0) is 15.1. The van der Waals surface area contributed by atoms with Gasteiger partial charge in [-0.05, 0) is 50.9 Å². The molecule has 0 saturated carbocycles. The minimum Gasteiger partial charge on any atom is -0.312 e. The van der Waals surface area contributed by atoms with Crippen molar-refractivity contribution in [2.24, 2.45) is 5.92 Å². The first-order valence-electron chi connectivity index (χ1n) is 8.76. The van der Waals surface area contributed by atoms with E-state index >= 15 is 0 Å². The number of hydrogen-bond donors (Lipinski definition) is 1. The summed E-state index contributed by atoms with van der Waals surface area (Å²) < 4.78 is 0. The van der Waals surface area contributed by atoms with Crippen LogP contribution in [0.4, 0.5) is 0 Å². The number of nitrogens with zero attached hydrogens (tertiary/aromatic N) is 1. The molecular weight excluding hydrogens is 256 g/mol.